The highest BCUT2D eigenvalue weighted by Gasteiger charge is 2.49. The Hall–Kier alpha value is -0.850. The van der Waals surface area contributed by atoms with Gasteiger partial charge in [-0.3, -0.25) is 4.90 Å². The third kappa shape index (κ3) is 9.96. The van der Waals surface area contributed by atoms with Gasteiger partial charge in [0, 0.05) is 25.2 Å². The Morgan fingerprint density at radius 1 is 0.656 bits per heavy atom. The molecule has 0 aromatic carbocycles. The fourth-order valence-electron chi connectivity index (χ4n) is 2.31. The van der Waals surface area contributed by atoms with Gasteiger partial charge in [-0.05, 0) is 11.8 Å². The number of nitrogens with zero attached hydrogens (tertiary/aromatic N) is 1. The number of alkyl halides is 9. The summed E-state index contributed by atoms with van der Waals surface area (Å²) in [6.45, 7) is 1.00. The molecule has 0 saturated carbocycles. The lowest BCUT2D eigenvalue weighted by molar-refractivity contribution is -0.147. The van der Waals surface area contributed by atoms with Crippen molar-refractivity contribution in [2.24, 2.45) is 11.8 Å². The zero-order chi connectivity index (χ0) is 25.9. The van der Waals surface area contributed by atoms with E-state index in [0.29, 0.717) is 4.90 Å². The molecular weight excluding hydrogens is 509 g/mol. The van der Waals surface area contributed by atoms with Gasteiger partial charge in [-0.2, -0.15) is 39.5 Å². The lowest BCUT2D eigenvalue weighted by atomic mass is 10.0. The number of rotatable bonds is 11. The maximum Gasteiger partial charge on any atom is 0.511 e. The van der Waals surface area contributed by atoms with Crippen LogP contribution in [0.1, 0.15) is 27.7 Å². The minimum Gasteiger partial charge on any atom is -0.292 e. The van der Waals surface area contributed by atoms with E-state index in [1.54, 1.807) is 0 Å². The van der Waals surface area contributed by atoms with Gasteiger partial charge in [0.25, 0.3) is 0 Å². The van der Waals surface area contributed by atoms with Crippen LogP contribution >= 0.6 is 0 Å². The third-order valence-electron chi connectivity index (χ3n) is 4.14. The largest absolute Gasteiger partial charge is 0.511 e. The molecule has 0 aromatic heterocycles. The Balaban J connectivity index is 5.93. The third-order valence-corrected chi connectivity index (χ3v) is 6.59. The van der Waals surface area contributed by atoms with Crippen LogP contribution in [0.25, 0.3) is 0 Å². The van der Waals surface area contributed by atoms with Crippen molar-refractivity contribution in [2.75, 3.05) is 19.6 Å². The molecule has 0 aliphatic carbocycles. The van der Waals surface area contributed by atoms with Crippen molar-refractivity contribution in [3.8, 4) is 0 Å². The van der Waals surface area contributed by atoms with E-state index >= 15 is 0 Å². The van der Waals surface area contributed by atoms with Crippen LogP contribution in [-0.2, 0) is 20.0 Å². The number of nitrogens with one attached hydrogen (secondary N) is 2. The maximum atomic E-state index is 13.0. The molecule has 0 heterocycles. The summed E-state index contributed by atoms with van der Waals surface area (Å²) in [5.41, 5.74) is -11.5. The predicted molar refractivity (Wildman–Crippen MR) is 96.0 cm³/mol. The summed E-state index contributed by atoms with van der Waals surface area (Å²) in [6, 6.07) is -3.45. The van der Waals surface area contributed by atoms with Gasteiger partial charge in [0.2, 0.25) is 0 Å². The second kappa shape index (κ2) is 10.6. The average Bonchev–Trinajstić information content (AvgIpc) is 2.48. The maximum absolute atomic E-state index is 13.0. The van der Waals surface area contributed by atoms with Crippen molar-refractivity contribution in [1.29, 1.82) is 0 Å². The van der Waals surface area contributed by atoms with Gasteiger partial charge >= 0.3 is 37.2 Å². The van der Waals surface area contributed by atoms with Crippen molar-refractivity contribution in [3.05, 3.63) is 0 Å². The smallest absolute Gasteiger partial charge is 0.292 e. The molecule has 0 rings (SSSR count). The number of hydrogen-bond acceptors (Lipinski definition) is 5. The first-order valence-electron chi connectivity index (χ1n) is 8.86. The van der Waals surface area contributed by atoms with Crippen molar-refractivity contribution in [1.82, 2.24) is 14.3 Å². The van der Waals surface area contributed by atoms with E-state index in [1.807, 2.05) is 0 Å². The highest BCUT2D eigenvalue weighted by atomic mass is 32.2. The quantitative estimate of drug-likeness (QED) is 0.399. The van der Waals surface area contributed by atoms with Crippen molar-refractivity contribution in [3.63, 3.8) is 0 Å². The summed E-state index contributed by atoms with van der Waals surface area (Å²) in [7, 11) is -11.9. The molecule has 7 nitrogen and oxygen atoms in total. The van der Waals surface area contributed by atoms with E-state index < -0.39 is 80.8 Å². The van der Waals surface area contributed by atoms with Crippen LogP contribution in [0.2, 0.25) is 0 Å². The average molecular weight is 533 g/mol. The Bertz CT molecular complexity index is 747. The standard InChI is InChI=1S/C14H24F9N3O4S2/c1-8(2)10(24-31(27,28)13(18,19)20)5-26(7-12(15,16)17)6-11(9(3)4)25-32(29,30)14(21,22)23/h8-11,24-25H,5-7H2,1-4H3/t10-,11-/m1/s1. The molecule has 0 amide bonds. The minimum absolute atomic E-state index is 0.340. The highest BCUT2D eigenvalue weighted by Crippen LogP contribution is 2.26. The molecular formula is C14H24F9N3O4S2. The molecule has 18 heteroatoms. The summed E-state index contributed by atoms with van der Waals surface area (Å²) in [5, 5.41) is 0. The lowest BCUT2D eigenvalue weighted by Crippen LogP contribution is -2.55. The Kier molecular flexibility index (Phi) is 10.3. The Labute approximate surface area is 179 Å². The molecule has 0 saturated heterocycles. The van der Waals surface area contributed by atoms with Crippen LogP contribution in [0.5, 0.6) is 0 Å². The van der Waals surface area contributed by atoms with Crippen LogP contribution in [-0.4, -0.2) is 70.6 Å². The normalized spacial score (nSPS) is 16.8. The summed E-state index contributed by atoms with van der Waals surface area (Å²) in [6.07, 6.45) is -4.98. The van der Waals surface area contributed by atoms with Gasteiger partial charge in [0.1, 0.15) is 0 Å². The molecule has 0 aliphatic rings. The predicted octanol–water partition coefficient (Wildman–Crippen LogP) is 2.78. The number of hydrogen-bond donors (Lipinski definition) is 2. The molecule has 0 fully saturated rings. The van der Waals surface area contributed by atoms with E-state index in [2.05, 4.69) is 0 Å². The summed E-state index contributed by atoms with van der Waals surface area (Å²) in [4.78, 5) is 0.340. The monoisotopic (exact) mass is 533 g/mol. The van der Waals surface area contributed by atoms with Gasteiger partial charge in [-0.1, -0.05) is 27.7 Å². The molecule has 0 bridgehead atoms. The van der Waals surface area contributed by atoms with E-state index in [1.165, 1.54) is 37.1 Å². The topological polar surface area (TPSA) is 95.6 Å². The van der Waals surface area contributed by atoms with Gasteiger partial charge in [-0.15, -0.1) is 0 Å². The SMILES string of the molecule is CC(C)[C@@H](CN(C[C@@H](NS(=O)(=O)C(F)(F)F)C(C)C)CC(F)(F)F)NS(=O)(=O)C(F)(F)F. The summed E-state index contributed by atoms with van der Waals surface area (Å²) in [5.74, 6) is -1.93. The van der Waals surface area contributed by atoms with Crippen molar-refractivity contribution < 1.29 is 56.3 Å². The first-order chi connectivity index (χ1) is 13.9. The van der Waals surface area contributed by atoms with Gasteiger partial charge in [0.05, 0.1) is 6.54 Å². The summed E-state index contributed by atoms with van der Waals surface area (Å²) >= 11 is 0. The van der Waals surface area contributed by atoms with Crippen molar-refractivity contribution in [2.45, 2.75) is 57.0 Å². The Morgan fingerprint density at radius 3 is 1.12 bits per heavy atom. The minimum atomic E-state index is -5.94. The molecule has 0 aliphatic heterocycles. The molecule has 0 unspecified atom stereocenters. The second-order valence-electron chi connectivity index (χ2n) is 7.64. The summed E-state index contributed by atoms with van der Waals surface area (Å²) < 4.78 is 163. The van der Waals surface area contributed by atoms with Crippen LogP contribution < -0.4 is 9.44 Å². The van der Waals surface area contributed by atoms with Crippen molar-refractivity contribution >= 4 is 20.0 Å². The molecule has 0 aromatic rings. The molecule has 0 spiro atoms. The molecule has 2 N–H and O–H groups in total. The van der Waals surface area contributed by atoms with E-state index in [4.69, 9.17) is 0 Å². The van der Waals surface area contributed by atoms with E-state index in [0.717, 1.165) is 0 Å². The van der Waals surface area contributed by atoms with Crippen LogP contribution in [0, 0.1) is 11.8 Å². The second-order valence-corrected chi connectivity index (χ2v) is 11.1. The highest BCUT2D eigenvalue weighted by molar-refractivity contribution is 7.90. The van der Waals surface area contributed by atoms with Gasteiger partial charge < -0.3 is 0 Å². The number of sulfonamides is 2. The fraction of sp³-hybridized carbons (Fsp3) is 1.00. The van der Waals surface area contributed by atoms with Gasteiger partial charge in [-0.25, -0.2) is 26.3 Å². The lowest BCUT2D eigenvalue weighted by Gasteiger charge is -2.34. The van der Waals surface area contributed by atoms with Crippen LogP contribution in [0.15, 0.2) is 0 Å². The van der Waals surface area contributed by atoms with Crippen LogP contribution in [0.4, 0.5) is 39.5 Å². The Morgan fingerprint density at radius 2 is 0.938 bits per heavy atom. The fourth-order valence-corrected chi connectivity index (χ4v) is 4.07. The molecule has 32 heavy (non-hydrogen) atoms. The van der Waals surface area contributed by atoms with E-state index in [9.17, 15) is 56.3 Å². The first kappa shape index (κ1) is 31.1. The molecule has 0 radical (unpaired) electrons. The molecule has 194 valence electrons. The number of halogens is 9. The molecule has 2 atom stereocenters. The van der Waals surface area contributed by atoms with E-state index in [-0.39, 0.29) is 0 Å². The first-order valence-corrected chi connectivity index (χ1v) is 11.8. The zero-order valence-corrected chi connectivity index (χ0v) is 18.9. The zero-order valence-electron chi connectivity index (χ0n) is 17.2. The van der Waals surface area contributed by atoms with Crippen LogP contribution in [0.3, 0.4) is 0 Å². The van der Waals surface area contributed by atoms with Gasteiger partial charge in [0.15, 0.2) is 0 Å².